The first-order chi connectivity index (χ1) is 5.25. The number of carboxylic acid groups (broad SMARTS) is 1. The molecule has 0 saturated heterocycles. The number of aliphatic carboxylic acids is 1. The fourth-order valence-electron chi connectivity index (χ4n) is 0.430. The maximum atomic E-state index is 11.2. The molecule has 0 aromatic carbocycles. The monoisotopic (exact) mass is 237 g/mol. The Morgan fingerprint density at radius 2 is 1.92 bits per heavy atom. The van der Waals surface area contributed by atoms with E-state index in [4.69, 9.17) is 5.11 Å². The molecule has 0 radical (unpaired) electrons. The molecule has 0 spiro atoms. The summed E-state index contributed by atoms with van der Waals surface area (Å²) in [4.78, 5) is 21.5. The minimum absolute atomic E-state index is 0.336. The average Bonchev–Trinajstić information content (AvgIpc) is 1.85. The second kappa shape index (κ2) is 3.89. The van der Waals surface area contributed by atoms with Gasteiger partial charge in [0, 0.05) is 0 Å². The van der Waals surface area contributed by atoms with Crippen LogP contribution in [0.4, 0.5) is 0 Å². The maximum Gasteiger partial charge on any atom is 0.325 e. The molecule has 0 fully saturated rings. The van der Waals surface area contributed by atoms with Gasteiger partial charge in [-0.3, -0.25) is 9.59 Å². The standard InChI is InChI=1S/C7H12BrNO3/c1-4(5(10)11)9-6(12)7(2,3)8/h4H,1-3H3,(H,9,12)(H,10,11)/t4-/m0/s1. The smallest absolute Gasteiger partial charge is 0.325 e. The number of hydrogen-bond acceptors (Lipinski definition) is 2. The third-order valence-corrected chi connectivity index (χ3v) is 1.62. The van der Waals surface area contributed by atoms with Gasteiger partial charge in [-0.2, -0.15) is 0 Å². The molecule has 0 aromatic heterocycles. The molecule has 0 unspecified atom stereocenters. The summed E-state index contributed by atoms with van der Waals surface area (Å²) < 4.78 is -0.725. The molecule has 0 aliphatic heterocycles. The van der Waals surface area contributed by atoms with Crippen LogP contribution in [0.3, 0.4) is 0 Å². The van der Waals surface area contributed by atoms with Crippen molar-refractivity contribution in [3.63, 3.8) is 0 Å². The van der Waals surface area contributed by atoms with Crippen molar-refractivity contribution in [3.05, 3.63) is 0 Å². The van der Waals surface area contributed by atoms with E-state index in [1.807, 2.05) is 0 Å². The largest absolute Gasteiger partial charge is 0.480 e. The van der Waals surface area contributed by atoms with Gasteiger partial charge in [-0.05, 0) is 20.8 Å². The second-order valence-electron chi connectivity index (χ2n) is 3.01. The van der Waals surface area contributed by atoms with E-state index in [-0.39, 0.29) is 5.91 Å². The summed E-state index contributed by atoms with van der Waals surface area (Å²) in [5.41, 5.74) is 0. The minimum atomic E-state index is -1.04. The van der Waals surface area contributed by atoms with E-state index in [1.165, 1.54) is 6.92 Å². The van der Waals surface area contributed by atoms with E-state index in [1.54, 1.807) is 13.8 Å². The highest BCUT2D eigenvalue weighted by Crippen LogP contribution is 2.15. The van der Waals surface area contributed by atoms with E-state index in [0.717, 1.165) is 0 Å². The molecule has 4 nitrogen and oxygen atoms in total. The average molecular weight is 238 g/mol. The quantitative estimate of drug-likeness (QED) is 0.713. The lowest BCUT2D eigenvalue weighted by molar-refractivity contribution is -0.141. The number of hydrogen-bond donors (Lipinski definition) is 2. The highest BCUT2D eigenvalue weighted by Gasteiger charge is 2.26. The van der Waals surface area contributed by atoms with Crippen LogP contribution in [0.5, 0.6) is 0 Å². The van der Waals surface area contributed by atoms with Gasteiger partial charge in [0.25, 0.3) is 0 Å². The molecular formula is C7H12BrNO3. The number of alkyl halides is 1. The summed E-state index contributed by atoms with van der Waals surface area (Å²) in [5.74, 6) is -1.38. The van der Waals surface area contributed by atoms with Crippen molar-refractivity contribution in [2.45, 2.75) is 31.1 Å². The third kappa shape index (κ3) is 3.71. The molecule has 2 N–H and O–H groups in total. The van der Waals surface area contributed by atoms with Crippen molar-refractivity contribution in [1.82, 2.24) is 5.32 Å². The zero-order chi connectivity index (χ0) is 9.94. The first-order valence-electron chi connectivity index (χ1n) is 3.48. The molecule has 0 bridgehead atoms. The summed E-state index contributed by atoms with van der Waals surface area (Å²) in [6.45, 7) is 4.72. The Kier molecular flexibility index (Phi) is 3.70. The second-order valence-corrected chi connectivity index (χ2v) is 4.99. The SMILES string of the molecule is C[C@H](NC(=O)C(C)(C)Br)C(=O)O. The molecule has 5 heteroatoms. The molecule has 0 aliphatic carbocycles. The Morgan fingerprint density at radius 3 is 2.17 bits per heavy atom. The van der Waals surface area contributed by atoms with Crippen LogP contribution in [-0.2, 0) is 9.59 Å². The fourth-order valence-corrected chi connectivity index (χ4v) is 0.544. The normalized spacial score (nSPS) is 13.7. The van der Waals surface area contributed by atoms with Gasteiger partial charge < -0.3 is 10.4 Å². The number of amides is 1. The van der Waals surface area contributed by atoms with E-state index in [9.17, 15) is 9.59 Å². The Bertz CT molecular complexity index is 197. The summed E-state index contributed by atoms with van der Waals surface area (Å²) in [5, 5.41) is 10.8. The summed E-state index contributed by atoms with van der Waals surface area (Å²) in [6.07, 6.45) is 0. The van der Waals surface area contributed by atoms with Crippen LogP contribution in [0.2, 0.25) is 0 Å². The molecule has 1 atom stereocenters. The van der Waals surface area contributed by atoms with Crippen molar-refractivity contribution in [2.75, 3.05) is 0 Å². The Morgan fingerprint density at radius 1 is 1.50 bits per heavy atom. The van der Waals surface area contributed by atoms with Gasteiger partial charge in [0.15, 0.2) is 0 Å². The highest BCUT2D eigenvalue weighted by atomic mass is 79.9. The predicted molar refractivity (Wildman–Crippen MR) is 48.2 cm³/mol. The van der Waals surface area contributed by atoms with Crippen LogP contribution < -0.4 is 5.32 Å². The fraction of sp³-hybridized carbons (Fsp3) is 0.714. The van der Waals surface area contributed by atoms with Crippen LogP contribution in [-0.4, -0.2) is 27.3 Å². The number of carbonyl (C=O) groups is 2. The molecule has 0 rings (SSSR count). The van der Waals surface area contributed by atoms with Gasteiger partial charge in [0.2, 0.25) is 5.91 Å². The molecular weight excluding hydrogens is 226 g/mol. The maximum absolute atomic E-state index is 11.2. The number of carbonyl (C=O) groups excluding carboxylic acids is 1. The lowest BCUT2D eigenvalue weighted by atomic mass is 10.2. The van der Waals surface area contributed by atoms with Gasteiger partial charge in [0.1, 0.15) is 6.04 Å². The summed E-state index contributed by atoms with van der Waals surface area (Å²) in [7, 11) is 0. The van der Waals surface area contributed by atoms with E-state index in [0.29, 0.717) is 0 Å². The lowest BCUT2D eigenvalue weighted by Crippen LogP contribution is -2.45. The van der Waals surface area contributed by atoms with Gasteiger partial charge in [-0.1, -0.05) is 15.9 Å². The first kappa shape index (κ1) is 11.4. The summed E-state index contributed by atoms with van der Waals surface area (Å²) in [6, 6.07) is -0.852. The minimum Gasteiger partial charge on any atom is -0.480 e. The van der Waals surface area contributed by atoms with E-state index < -0.39 is 16.3 Å². The first-order valence-corrected chi connectivity index (χ1v) is 4.27. The molecule has 12 heavy (non-hydrogen) atoms. The van der Waals surface area contributed by atoms with Gasteiger partial charge >= 0.3 is 5.97 Å². The van der Waals surface area contributed by atoms with Crippen molar-refractivity contribution < 1.29 is 14.7 Å². The van der Waals surface area contributed by atoms with Crippen LogP contribution in [0, 0.1) is 0 Å². The Hall–Kier alpha value is -0.580. The molecule has 0 heterocycles. The van der Waals surface area contributed by atoms with E-state index in [2.05, 4.69) is 21.2 Å². The van der Waals surface area contributed by atoms with Gasteiger partial charge in [-0.25, -0.2) is 0 Å². The molecule has 1 amide bonds. The van der Waals surface area contributed by atoms with Gasteiger partial charge in [0.05, 0.1) is 4.32 Å². The Labute approximate surface area is 79.5 Å². The number of nitrogens with one attached hydrogen (secondary N) is 1. The highest BCUT2D eigenvalue weighted by molar-refractivity contribution is 9.10. The molecule has 0 aromatic rings. The van der Waals surface area contributed by atoms with Crippen LogP contribution in [0.25, 0.3) is 0 Å². The number of rotatable bonds is 3. The molecule has 70 valence electrons. The van der Waals surface area contributed by atoms with Crippen LogP contribution in [0.1, 0.15) is 20.8 Å². The number of halogens is 1. The van der Waals surface area contributed by atoms with E-state index >= 15 is 0 Å². The lowest BCUT2D eigenvalue weighted by Gasteiger charge is -2.17. The predicted octanol–water partition coefficient (Wildman–Crippen LogP) is 0.749. The third-order valence-electron chi connectivity index (χ3n) is 1.26. The number of carboxylic acids is 1. The van der Waals surface area contributed by atoms with Gasteiger partial charge in [-0.15, -0.1) is 0 Å². The van der Waals surface area contributed by atoms with Crippen molar-refractivity contribution in [1.29, 1.82) is 0 Å². The van der Waals surface area contributed by atoms with Crippen LogP contribution >= 0.6 is 15.9 Å². The summed E-state index contributed by atoms with van der Waals surface area (Å²) >= 11 is 3.12. The van der Waals surface area contributed by atoms with Crippen molar-refractivity contribution >= 4 is 27.8 Å². The topological polar surface area (TPSA) is 66.4 Å². The van der Waals surface area contributed by atoms with Crippen molar-refractivity contribution in [3.8, 4) is 0 Å². The van der Waals surface area contributed by atoms with Crippen LogP contribution in [0.15, 0.2) is 0 Å². The molecule has 0 saturated carbocycles. The zero-order valence-corrected chi connectivity index (χ0v) is 8.81. The zero-order valence-electron chi connectivity index (χ0n) is 7.22. The molecule has 0 aliphatic rings. The Balaban J connectivity index is 4.11. The van der Waals surface area contributed by atoms with Crippen molar-refractivity contribution in [2.24, 2.45) is 0 Å².